The molecule has 0 unspecified atom stereocenters. The van der Waals surface area contributed by atoms with Crippen LogP contribution >= 0.6 is 11.3 Å². The third-order valence-electron chi connectivity index (χ3n) is 5.91. The van der Waals surface area contributed by atoms with Crippen molar-refractivity contribution in [3.63, 3.8) is 0 Å². The maximum Gasteiger partial charge on any atom is 0.264 e. The highest BCUT2D eigenvalue weighted by Gasteiger charge is 2.28. The molecule has 4 rings (SSSR count). The lowest BCUT2D eigenvalue weighted by Gasteiger charge is -2.25. The van der Waals surface area contributed by atoms with Crippen LogP contribution in [-0.2, 0) is 22.4 Å². The summed E-state index contributed by atoms with van der Waals surface area (Å²) in [5.74, 6) is -0.231. The van der Waals surface area contributed by atoms with E-state index < -0.39 is 0 Å². The molecular weight excluding hydrogens is 384 g/mol. The number of nitrogens with zero attached hydrogens (tertiary/aromatic N) is 1. The van der Waals surface area contributed by atoms with Crippen LogP contribution in [0.25, 0.3) is 0 Å². The Hall–Kier alpha value is -2.18. The van der Waals surface area contributed by atoms with E-state index in [9.17, 15) is 9.59 Å². The molecule has 2 aromatic rings. The number of benzene rings is 1. The Bertz CT molecular complexity index is 893. The highest BCUT2D eigenvalue weighted by atomic mass is 32.1. The van der Waals surface area contributed by atoms with Gasteiger partial charge in [-0.15, -0.1) is 11.3 Å². The molecule has 1 atom stereocenters. The van der Waals surface area contributed by atoms with Crippen LogP contribution in [0.3, 0.4) is 0 Å². The molecule has 1 N–H and O–H groups in total. The number of amides is 2. The minimum Gasteiger partial charge on any atom is -0.376 e. The van der Waals surface area contributed by atoms with E-state index in [1.807, 2.05) is 38.1 Å². The smallest absolute Gasteiger partial charge is 0.264 e. The summed E-state index contributed by atoms with van der Waals surface area (Å²) in [5.41, 5.74) is 4.28. The Morgan fingerprint density at radius 1 is 1.24 bits per heavy atom. The molecule has 0 bridgehead atoms. The normalized spacial score (nSPS) is 17.9. The second kappa shape index (κ2) is 8.67. The number of aryl methyl sites for hydroxylation is 3. The molecule has 2 heterocycles. The summed E-state index contributed by atoms with van der Waals surface area (Å²) in [4.78, 5) is 29.8. The van der Waals surface area contributed by atoms with Gasteiger partial charge in [0, 0.05) is 23.7 Å². The van der Waals surface area contributed by atoms with Crippen LogP contribution < -0.4 is 5.32 Å². The summed E-state index contributed by atoms with van der Waals surface area (Å²) < 4.78 is 5.74. The predicted octanol–water partition coefficient (Wildman–Crippen LogP) is 4.11. The van der Waals surface area contributed by atoms with Crippen molar-refractivity contribution in [2.24, 2.45) is 0 Å². The number of nitrogens with one attached hydrogen (secondary N) is 1. The van der Waals surface area contributed by atoms with Crippen LogP contribution in [0.4, 0.5) is 5.69 Å². The summed E-state index contributed by atoms with van der Waals surface area (Å²) >= 11 is 1.59. The van der Waals surface area contributed by atoms with Crippen molar-refractivity contribution in [2.75, 3.05) is 25.0 Å². The minimum absolute atomic E-state index is 0.0132. The van der Waals surface area contributed by atoms with Crippen LogP contribution in [0.5, 0.6) is 0 Å². The second-order valence-electron chi connectivity index (χ2n) is 8.03. The fraction of sp³-hybridized carbons (Fsp3) is 0.478. The summed E-state index contributed by atoms with van der Waals surface area (Å²) in [6.07, 6.45) is 5.24. The standard InChI is InChI=1S/C23H28N2O3S/c1-15-6-3-9-19(16(15)2)24-22(26)14-25(13-18-8-5-11-28-18)23(27)21-12-17-7-4-10-20(17)29-21/h3,6,9,12,18H,4-5,7-8,10-11,13-14H2,1-2H3,(H,24,26)/t18-/m1/s1. The Morgan fingerprint density at radius 3 is 2.86 bits per heavy atom. The van der Waals surface area contributed by atoms with E-state index >= 15 is 0 Å². The Morgan fingerprint density at radius 2 is 2.10 bits per heavy atom. The summed E-state index contributed by atoms with van der Waals surface area (Å²) in [7, 11) is 0. The zero-order valence-electron chi connectivity index (χ0n) is 17.1. The maximum atomic E-state index is 13.2. The van der Waals surface area contributed by atoms with Gasteiger partial charge in [-0.3, -0.25) is 9.59 Å². The molecule has 2 aliphatic rings. The first-order valence-electron chi connectivity index (χ1n) is 10.4. The molecular formula is C23H28N2O3S. The molecule has 1 saturated heterocycles. The van der Waals surface area contributed by atoms with Crippen LogP contribution in [0.15, 0.2) is 24.3 Å². The molecule has 1 aliphatic heterocycles. The Labute approximate surface area is 176 Å². The fourth-order valence-electron chi connectivity index (χ4n) is 4.09. The minimum atomic E-state index is -0.172. The quantitative estimate of drug-likeness (QED) is 0.777. The largest absolute Gasteiger partial charge is 0.376 e. The number of carbonyl (C=O) groups excluding carboxylic acids is 2. The van der Waals surface area contributed by atoms with E-state index in [-0.39, 0.29) is 24.5 Å². The average molecular weight is 413 g/mol. The first-order valence-corrected chi connectivity index (χ1v) is 11.2. The van der Waals surface area contributed by atoms with Gasteiger partial charge in [0.2, 0.25) is 5.91 Å². The van der Waals surface area contributed by atoms with Gasteiger partial charge < -0.3 is 15.0 Å². The molecule has 154 valence electrons. The average Bonchev–Trinajstić information content (AvgIpc) is 3.42. The lowest BCUT2D eigenvalue weighted by atomic mass is 10.1. The third kappa shape index (κ3) is 4.54. The van der Waals surface area contributed by atoms with Gasteiger partial charge in [0.25, 0.3) is 5.91 Å². The highest BCUT2D eigenvalue weighted by Crippen LogP contribution is 2.31. The summed E-state index contributed by atoms with van der Waals surface area (Å²) in [5, 5.41) is 2.98. The molecule has 1 aromatic carbocycles. The van der Waals surface area contributed by atoms with Crippen molar-refractivity contribution in [1.29, 1.82) is 0 Å². The number of anilines is 1. The number of carbonyl (C=O) groups is 2. The topological polar surface area (TPSA) is 58.6 Å². The molecule has 2 amide bonds. The number of ether oxygens (including phenoxy) is 1. The van der Waals surface area contributed by atoms with E-state index in [1.54, 1.807) is 16.2 Å². The van der Waals surface area contributed by atoms with Gasteiger partial charge in [0.15, 0.2) is 0 Å². The van der Waals surface area contributed by atoms with Gasteiger partial charge in [-0.05, 0) is 74.8 Å². The van der Waals surface area contributed by atoms with Gasteiger partial charge in [-0.25, -0.2) is 0 Å². The van der Waals surface area contributed by atoms with Crippen molar-refractivity contribution in [2.45, 2.75) is 52.1 Å². The van der Waals surface area contributed by atoms with Gasteiger partial charge in [0.1, 0.15) is 6.54 Å². The monoisotopic (exact) mass is 412 g/mol. The van der Waals surface area contributed by atoms with Crippen LogP contribution in [0.2, 0.25) is 0 Å². The first kappa shape index (κ1) is 20.1. The van der Waals surface area contributed by atoms with Crippen molar-refractivity contribution in [1.82, 2.24) is 4.90 Å². The second-order valence-corrected chi connectivity index (χ2v) is 9.17. The van der Waals surface area contributed by atoms with Gasteiger partial charge >= 0.3 is 0 Å². The molecule has 1 fully saturated rings. The summed E-state index contributed by atoms with van der Waals surface area (Å²) in [6.45, 7) is 5.24. The number of hydrogen-bond donors (Lipinski definition) is 1. The number of fused-ring (bicyclic) bond motifs is 1. The third-order valence-corrected chi connectivity index (χ3v) is 7.13. The lowest BCUT2D eigenvalue weighted by Crippen LogP contribution is -2.42. The van der Waals surface area contributed by atoms with Crippen molar-refractivity contribution < 1.29 is 14.3 Å². The zero-order chi connectivity index (χ0) is 20.4. The zero-order valence-corrected chi connectivity index (χ0v) is 17.9. The molecule has 6 heteroatoms. The van der Waals surface area contributed by atoms with Crippen LogP contribution in [-0.4, -0.2) is 42.5 Å². The molecule has 1 aliphatic carbocycles. The van der Waals surface area contributed by atoms with Crippen LogP contribution in [0, 0.1) is 13.8 Å². The van der Waals surface area contributed by atoms with E-state index in [1.165, 1.54) is 16.9 Å². The van der Waals surface area contributed by atoms with Gasteiger partial charge in [-0.1, -0.05) is 12.1 Å². The van der Waals surface area contributed by atoms with Crippen LogP contribution in [0.1, 0.15) is 50.5 Å². The molecule has 0 saturated carbocycles. The van der Waals surface area contributed by atoms with E-state index in [0.717, 1.165) is 54.0 Å². The highest BCUT2D eigenvalue weighted by molar-refractivity contribution is 7.14. The van der Waals surface area contributed by atoms with E-state index in [0.29, 0.717) is 6.54 Å². The molecule has 0 radical (unpaired) electrons. The molecule has 29 heavy (non-hydrogen) atoms. The maximum absolute atomic E-state index is 13.2. The molecule has 1 aromatic heterocycles. The van der Waals surface area contributed by atoms with Gasteiger partial charge in [0.05, 0.1) is 11.0 Å². The molecule has 5 nitrogen and oxygen atoms in total. The predicted molar refractivity (Wildman–Crippen MR) is 116 cm³/mol. The first-order chi connectivity index (χ1) is 14.0. The van der Waals surface area contributed by atoms with Crippen molar-refractivity contribution in [3.8, 4) is 0 Å². The fourth-order valence-corrected chi connectivity index (χ4v) is 5.31. The number of thiophene rings is 1. The number of hydrogen-bond acceptors (Lipinski definition) is 4. The SMILES string of the molecule is Cc1cccc(NC(=O)CN(C[C@H]2CCCO2)C(=O)c2cc3c(s2)CCC3)c1C. The Kier molecular flexibility index (Phi) is 6.01. The lowest BCUT2D eigenvalue weighted by molar-refractivity contribution is -0.117. The Balaban J connectivity index is 1.49. The number of rotatable bonds is 6. The molecule has 0 spiro atoms. The van der Waals surface area contributed by atoms with E-state index in [2.05, 4.69) is 5.32 Å². The summed E-state index contributed by atoms with van der Waals surface area (Å²) in [6, 6.07) is 7.88. The van der Waals surface area contributed by atoms with Crippen molar-refractivity contribution in [3.05, 3.63) is 50.7 Å². The van der Waals surface area contributed by atoms with E-state index in [4.69, 9.17) is 4.74 Å². The van der Waals surface area contributed by atoms with Gasteiger partial charge in [-0.2, -0.15) is 0 Å². The van der Waals surface area contributed by atoms with Crippen molar-refractivity contribution >= 4 is 28.8 Å².